The predicted octanol–water partition coefficient (Wildman–Crippen LogP) is 0.0117. The van der Waals surface area contributed by atoms with Crippen molar-refractivity contribution in [3.05, 3.63) is 0 Å². The summed E-state index contributed by atoms with van der Waals surface area (Å²) >= 11 is 0. The zero-order chi connectivity index (χ0) is 4.41. The van der Waals surface area contributed by atoms with Gasteiger partial charge < -0.3 is 4.84 Å². The molecule has 0 saturated carbocycles. The van der Waals surface area contributed by atoms with Gasteiger partial charge in [-0.15, -0.1) is 5.16 Å². The lowest BCUT2D eigenvalue weighted by Crippen LogP contribution is -1.99. The molecule has 0 fully saturated rings. The lowest BCUT2D eigenvalue weighted by Gasteiger charge is -1.76. The third kappa shape index (κ3) is 0.532. The molecule has 1 aliphatic heterocycles. The molecule has 1 rings (SSSR count). The van der Waals surface area contributed by atoms with Crippen molar-refractivity contribution < 1.29 is 4.84 Å². The second kappa shape index (κ2) is 1.33. The summed E-state index contributed by atoms with van der Waals surface area (Å²) in [5, 5.41) is 3.60. The summed E-state index contributed by atoms with van der Waals surface area (Å²) in [5.74, 6) is 0. The number of hydrogen-bond donors (Lipinski definition) is 0. The number of hydrogen-bond acceptors (Lipinski definition) is 2. The smallest absolute Gasteiger partial charge is 0.229 e. The standard InChI is InChI=1S/C3H5BNO/c1-3-4-2-6-5-3/h2H2,1H3. The van der Waals surface area contributed by atoms with Crippen molar-refractivity contribution >= 4 is 12.9 Å². The van der Waals surface area contributed by atoms with Crippen LogP contribution in [0.4, 0.5) is 0 Å². The largest absolute Gasteiger partial charge is 0.406 e. The molecular weight excluding hydrogens is 76.9 g/mol. The topological polar surface area (TPSA) is 21.6 Å². The molecule has 0 N–H and O–H groups in total. The van der Waals surface area contributed by atoms with E-state index in [4.69, 9.17) is 0 Å². The zero-order valence-corrected chi connectivity index (χ0v) is 3.64. The van der Waals surface area contributed by atoms with E-state index in [9.17, 15) is 0 Å². The van der Waals surface area contributed by atoms with Crippen LogP contribution in [0.15, 0.2) is 5.16 Å². The molecule has 31 valence electrons. The SMILES string of the molecule is CC1=NOC[B]1. The first-order valence-electron chi connectivity index (χ1n) is 1.89. The molecule has 3 heteroatoms. The van der Waals surface area contributed by atoms with Crippen LogP contribution < -0.4 is 0 Å². The van der Waals surface area contributed by atoms with Gasteiger partial charge >= 0.3 is 0 Å². The van der Waals surface area contributed by atoms with Crippen molar-refractivity contribution in [2.75, 3.05) is 6.51 Å². The fourth-order valence-corrected chi connectivity index (χ4v) is 0.334. The average molecular weight is 81.9 g/mol. The molecule has 6 heavy (non-hydrogen) atoms. The normalized spacial score (nSPS) is 18.5. The van der Waals surface area contributed by atoms with Crippen LogP contribution in [-0.2, 0) is 4.84 Å². The van der Waals surface area contributed by atoms with Crippen LogP contribution in [0.1, 0.15) is 6.92 Å². The molecule has 1 aliphatic rings. The Morgan fingerprint density at radius 2 is 2.83 bits per heavy atom. The number of rotatable bonds is 0. The molecule has 0 aliphatic carbocycles. The first-order chi connectivity index (χ1) is 2.89. The molecule has 0 saturated heterocycles. The molecular formula is C3H5BNO. The second-order valence-corrected chi connectivity index (χ2v) is 1.23. The Bertz CT molecular complexity index is 80.9. The summed E-state index contributed by atoms with van der Waals surface area (Å²) in [5.41, 5.74) is 0.981. The van der Waals surface area contributed by atoms with Gasteiger partial charge in [-0.3, -0.25) is 0 Å². The van der Waals surface area contributed by atoms with Gasteiger partial charge in [0.25, 0.3) is 0 Å². The maximum atomic E-state index is 4.59. The highest BCUT2D eigenvalue weighted by molar-refractivity contribution is 6.75. The average Bonchev–Trinajstić information content (AvgIpc) is 1.86. The Balaban J connectivity index is 2.45. The van der Waals surface area contributed by atoms with E-state index in [-0.39, 0.29) is 0 Å². The van der Waals surface area contributed by atoms with Gasteiger partial charge in [0.05, 0.1) is 6.51 Å². The van der Waals surface area contributed by atoms with Gasteiger partial charge in [0.15, 0.2) is 0 Å². The van der Waals surface area contributed by atoms with Gasteiger partial charge in [0.1, 0.15) is 0 Å². The van der Waals surface area contributed by atoms with Crippen LogP contribution in [-0.4, -0.2) is 19.4 Å². The van der Waals surface area contributed by atoms with E-state index in [2.05, 4.69) is 9.99 Å². The quantitative estimate of drug-likeness (QED) is 0.377. The Kier molecular flexibility index (Phi) is 0.822. The van der Waals surface area contributed by atoms with Crippen molar-refractivity contribution in [2.24, 2.45) is 5.16 Å². The third-order valence-corrected chi connectivity index (χ3v) is 0.662. The molecule has 2 nitrogen and oxygen atoms in total. The Morgan fingerprint density at radius 1 is 2.00 bits per heavy atom. The molecule has 0 amide bonds. The Morgan fingerprint density at radius 3 is 3.00 bits per heavy atom. The van der Waals surface area contributed by atoms with Crippen LogP contribution in [0.25, 0.3) is 0 Å². The van der Waals surface area contributed by atoms with Crippen LogP contribution >= 0.6 is 0 Å². The van der Waals surface area contributed by atoms with Crippen LogP contribution in [0, 0.1) is 0 Å². The highest BCUT2D eigenvalue weighted by Gasteiger charge is 2.01. The summed E-state index contributed by atoms with van der Waals surface area (Å²) in [4.78, 5) is 4.59. The van der Waals surface area contributed by atoms with Crippen molar-refractivity contribution in [1.82, 2.24) is 0 Å². The van der Waals surface area contributed by atoms with E-state index in [1.807, 2.05) is 14.2 Å². The Labute approximate surface area is 37.4 Å². The first kappa shape index (κ1) is 3.72. The fraction of sp³-hybridized carbons (Fsp3) is 0.667. The van der Waals surface area contributed by atoms with Gasteiger partial charge in [-0.1, -0.05) is 0 Å². The minimum atomic E-state index is 0.659. The van der Waals surface area contributed by atoms with E-state index < -0.39 is 0 Å². The minimum Gasteiger partial charge on any atom is -0.406 e. The van der Waals surface area contributed by atoms with E-state index in [1.165, 1.54) is 0 Å². The van der Waals surface area contributed by atoms with Crippen molar-refractivity contribution in [3.8, 4) is 0 Å². The van der Waals surface area contributed by atoms with Crippen LogP contribution in [0.2, 0.25) is 0 Å². The fourth-order valence-electron chi connectivity index (χ4n) is 0.334. The third-order valence-electron chi connectivity index (χ3n) is 0.662. The summed E-state index contributed by atoms with van der Waals surface area (Å²) in [6.45, 7) is 2.57. The predicted molar refractivity (Wildman–Crippen MR) is 24.8 cm³/mol. The highest BCUT2D eigenvalue weighted by atomic mass is 16.6. The molecule has 0 unspecified atom stereocenters. The molecule has 0 aromatic carbocycles. The summed E-state index contributed by atoms with van der Waals surface area (Å²) < 4.78 is 0. The molecule has 0 bridgehead atoms. The molecule has 0 atom stereocenters. The lowest BCUT2D eigenvalue weighted by atomic mass is 9.76. The van der Waals surface area contributed by atoms with Crippen molar-refractivity contribution in [3.63, 3.8) is 0 Å². The van der Waals surface area contributed by atoms with Crippen molar-refractivity contribution in [2.45, 2.75) is 6.92 Å². The Hall–Kier alpha value is -0.465. The van der Waals surface area contributed by atoms with Gasteiger partial charge in [-0.25, -0.2) is 0 Å². The van der Waals surface area contributed by atoms with E-state index >= 15 is 0 Å². The molecule has 1 radical (unpaired) electrons. The summed E-state index contributed by atoms with van der Waals surface area (Å²) in [7, 11) is 1.93. The van der Waals surface area contributed by atoms with E-state index in [0.29, 0.717) is 6.51 Å². The highest BCUT2D eigenvalue weighted by Crippen LogP contribution is 1.86. The number of nitrogens with zero attached hydrogens (tertiary/aromatic N) is 1. The lowest BCUT2D eigenvalue weighted by molar-refractivity contribution is 0.200. The van der Waals surface area contributed by atoms with Gasteiger partial charge in [-0.05, 0) is 6.92 Å². The van der Waals surface area contributed by atoms with Crippen LogP contribution in [0.3, 0.4) is 0 Å². The maximum absolute atomic E-state index is 4.59. The first-order valence-corrected chi connectivity index (χ1v) is 1.89. The van der Waals surface area contributed by atoms with E-state index in [0.717, 1.165) is 5.61 Å². The van der Waals surface area contributed by atoms with Crippen molar-refractivity contribution in [1.29, 1.82) is 0 Å². The summed E-state index contributed by atoms with van der Waals surface area (Å²) in [6, 6.07) is 0. The zero-order valence-electron chi connectivity index (χ0n) is 3.64. The molecule has 1 heterocycles. The molecule has 0 spiro atoms. The monoisotopic (exact) mass is 82.0 g/mol. The van der Waals surface area contributed by atoms with E-state index in [1.54, 1.807) is 0 Å². The van der Waals surface area contributed by atoms with Gasteiger partial charge in [0.2, 0.25) is 7.28 Å². The molecule has 0 aromatic rings. The van der Waals surface area contributed by atoms with Crippen LogP contribution in [0.5, 0.6) is 0 Å². The minimum absolute atomic E-state index is 0.659. The maximum Gasteiger partial charge on any atom is 0.229 e. The summed E-state index contributed by atoms with van der Waals surface area (Å²) in [6.07, 6.45) is 0. The van der Waals surface area contributed by atoms with Gasteiger partial charge in [-0.2, -0.15) is 0 Å². The number of oxime groups is 1. The second-order valence-electron chi connectivity index (χ2n) is 1.23. The molecule has 0 aromatic heterocycles. The van der Waals surface area contributed by atoms with Gasteiger partial charge in [0, 0.05) is 5.61 Å².